The summed E-state index contributed by atoms with van der Waals surface area (Å²) in [6, 6.07) is 20.5. The van der Waals surface area contributed by atoms with Crippen LogP contribution in [0.5, 0.6) is 5.88 Å². The summed E-state index contributed by atoms with van der Waals surface area (Å²) in [5, 5.41) is 21.1. The van der Waals surface area contributed by atoms with Gasteiger partial charge in [0.25, 0.3) is 11.8 Å². The molecule has 0 aliphatic carbocycles. The lowest BCUT2D eigenvalue weighted by Gasteiger charge is -2.05. The van der Waals surface area contributed by atoms with Crippen LogP contribution in [0.2, 0.25) is 0 Å². The van der Waals surface area contributed by atoms with Gasteiger partial charge in [-0.1, -0.05) is 34.1 Å². The van der Waals surface area contributed by atoms with Gasteiger partial charge in [-0.05, 0) is 54.6 Å². The summed E-state index contributed by atoms with van der Waals surface area (Å²) in [6.45, 7) is 0. The summed E-state index contributed by atoms with van der Waals surface area (Å²) in [5.74, 6) is -0.978. The van der Waals surface area contributed by atoms with Crippen LogP contribution in [0.3, 0.4) is 0 Å². The number of carbonyl (C=O) groups is 2. The number of nitrogens with zero attached hydrogens (tertiary/aromatic N) is 2. The third kappa shape index (κ3) is 4.13. The number of aromatic nitrogens is 1. The van der Waals surface area contributed by atoms with Gasteiger partial charge in [0.15, 0.2) is 5.69 Å². The first kappa shape index (κ1) is 19.5. The van der Waals surface area contributed by atoms with E-state index < -0.39 is 5.91 Å². The smallest absolute Gasteiger partial charge is 0.295 e. The molecule has 0 saturated heterocycles. The zero-order chi connectivity index (χ0) is 21.1. The topological polar surface area (TPSA) is 107 Å². The van der Waals surface area contributed by atoms with Crippen molar-refractivity contribution in [3.05, 3.63) is 88.4 Å². The van der Waals surface area contributed by atoms with Crippen LogP contribution < -0.4 is 5.32 Å². The average Bonchev–Trinajstić information content (AvgIpc) is 3.07. The number of carbonyl (C=O) groups excluding carboxylic acids is 2. The molecule has 0 aliphatic heterocycles. The minimum atomic E-state index is -0.570. The minimum absolute atomic E-state index is 0.168. The van der Waals surface area contributed by atoms with Crippen molar-refractivity contribution in [3.63, 3.8) is 0 Å². The fraction of sp³-hybridized carbons (Fsp3) is 0. The Balaban J connectivity index is 1.49. The molecule has 30 heavy (non-hydrogen) atoms. The first-order valence-electron chi connectivity index (χ1n) is 8.94. The zero-order valence-corrected chi connectivity index (χ0v) is 17.1. The van der Waals surface area contributed by atoms with E-state index in [1.165, 1.54) is 0 Å². The van der Waals surface area contributed by atoms with E-state index in [2.05, 4.69) is 36.5 Å². The number of azo groups is 1. The normalized spacial score (nSPS) is 11.1. The second-order valence-electron chi connectivity index (χ2n) is 6.41. The van der Waals surface area contributed by atoms with Gasteiger partial charge in [-0.25, -0.2) is 0 Å². The molecule has 0 spiro atoms. The number of hydrogen-bond donors (Lipinski definition) is 3. The highest BCUT2D eigenvalue weighted by Crippen LogP contribution is 2.36. The van der Waals surface area contributed by atoms with Gasteiger partial charge in [0.2, 0.25) is 5.88 Å². The van der Waals surface area contributed by atoms with E-state index in [1.807, 2.05) is 12.1 Å². The molecule has 1 aromatic heterocycles. The predicted octanol–water partition coefficient (Wildman–Crippen LogP) is 5.81. The molecular weight excluding hydrogens is 448 g/mol. The molecule has 0 unspecified atom stereocenters. The monoisotopic (exact) mass is 462 g/mol. The van der Waals surface area contributed by atoms with Gasteiger partial charge in [-0.2, -0.15) is 0 Å². The molecule has 1 heterocycles. The standard InChI is InChI=1S/C22H15BrN4O3/c23-15-8-11-18-17(12-15)19(22(30)25-18)26-27-21(29)14-6-9-16(10-7-14)24-20(28)13-4-2-1-3-5-13/h1-12,25,30H,(H,24,28). The van der Waals surface area contributed by atoms with E-state index in [0.717, 1.165) is 4.47 Å². The molecule has 8 heteroatoms. The van der Waals surface area contributed by atoms with Crippen LogP contribution in [-0.4, -0.2) is 21.9 Å². The van der Waals surface area contributed by atoms with Gasteiger partial charge in [-0.3, -0.25) is 9.59 Å². The van der Waals surface area contributed by atoms with Crippen molar-refractivity contribution in [2.45, 2.75) is 0 Å². The van der Waals surface area contributed by atoms with Crippen molar-refractivity contribution in [1.82, 2.24) is 4.98 Å². The summed E-state index contributed by atoms with van der Waals surface area (Å²) in [5.41, 5.74) is 2.26. The Morgan fingerprint density at radius 2 is 1.67 bits per heavy atom. The van der Waals surface area contributed by atoms with Crippen LogP contribution in [0.1, 0.15) is 20.7 Å². The van der Waals surface area contributed by atoms with Crippen molar-refractivity contribution in [2.75, 3.05) is 5.32 Å². The number of H-pyrrole nitrogens is 1. The third-order valence-corrected chi connectivity index (χ3v) is 4.87. The van der Waals surface area contributed by atoms with Gasteiger partial charge in [0, 0.05) is 26.7 Å². The summed E-state index contributed by atoms with van der Waals surface area (Å²) in [4.78, 5) is 27.3. The molecular formula is C22H15BrN4O3. The van der Waals surface area contributed by atoms with Crippen LogP contribution in [-0.2, 0) is 0 Å². The number of aromatic amines is 1. The molecule has 0 saturated carbocycles. The Hall–Kier alpha value is -3.78. The Morgan fingerprint density at radius 1 is 0.933 bits per heavy atom. The lowest BCUT2D eigenvalue weighted by molar-refractivity contribution is 0.0993. The largest absolute Gasteiger partial charge is 0.493 e. The molecule has 3 N–H and O–H groups in total. The Labute approximate surface area is 179 Å². The van der Waals surface area contributed by atoms with Gasteiger partial charge in [0.1, 0.15) is 0 Å². The molecule has 148 valence electrons. The van der Waals surface area contributed by atoms with Crippen molar-refractivity contribution in [3.8, 4) is 5.88 Å². The number of halogens is 1. The van der Waals surface area contributed by atoms with Crippen LogP contribution in [0.15, 0.2) is 87.5 Å². The molecule has 0 atom stereocenters. The lowest BCUT2D eigenvalue weighted by Crippen LogP contribution is -2.11. The Kier molecular flexibility index (Phi) is 5.40. The number of aromatic hydroxyl groups is 1. The number of benzene rings is 3. The van der Waals surface area contributed by atoms with Crippen LogP contribution in [0.4, 0.5) is 11.4 Å². The van der Waals surface area contributed by atoms with Crippen molar-refractivity contribution in [1.29, 1.82) is 0 Å². The van der Waals surface area contributed by atoms with Gasteiger partial charge < -0.3 is 15.4 Å². The summed E-state index contributed by atoms with van der Waals surface area (Å²) < 4.78 is 0.810. The lowest BCUT2D eigenvalue weighted by atomic mass is 10.2. The third-order valence-electron chi connectivity index (χ3n) is 4.38. The van der Waals surface area contributed by atoms with E-state index in [-0.39, 0.29) is 17.5 Å². The number of amides is 2. The number of hydrogen-bond acceptors (Lipinski definition) is 4. The number of rotatable bonds is 4. The summed E-state index contributed by atoms with van der Waals surface area (Å²) in [7, 11) is 0. The van der Waals surface area contributed by atoms with Gasteiger partial charge in [0.05, 0.1) is 5.52 Å². The average molecular weight is 463 g/mol. The molecule has 0 radical (unpaired) electrons. The van der Waals surface area contributed by atoms with E-state index in [9.17, 15) is 14.7 Å². The molecule has 4 rings (SSSR count). The molecule has 7 nitrogen and oxygen atoms in total. The molecule has 0 aliphatic rings. The summed E-state index contributed by atoms with van der Waals surface area (Å²) >= 11 is 3.37. The second kappa shape index (κ2) is 8.30. The van der Waals surface area contributed by atoms with E-state index in [4.69, 9.17) is 0 Å². The van der Waals surface area contributed by atoms with Crippen LogP contribution >= 0.6 is 15.9 Å². The second-order valence-corrected chi connectivity index (χ2v) is 7.33. The molecule has 4 aromatic rings. The van der Waals surface area contributed by atoms with E-state index >= 15 is 0 Å². The van der Waals surface area contributed by atoms with E-state index in [0.29, 0.717) is 27.7 Å². The minimum Gasteiger partial charge on any atom is -0.493 e. The van der Waals surface area contributed by atoms with Gasteiger partial charge in [-0.15, -0.1) is 10.2 Å². The fourth-order valence-electron chi connectivity index (χ4n) is 2.88. The summed E-state index contributed by atoms with van der Waals surface area (Å²) in [6.07, 6.45) is 0. The molecule has 3 aromatic carbocycles. The molecule has 2 amide bonds. The van der Waals surface area contributed by atoms with Gasteiger partial charge >= 0.3 is 0 Å². The van der Waals surface area contributed by atoms with E-state index in [1.54, 1.807) is 60.7 Å². The zero-order valence-electron chi connectivity index (χ0n) is 15.5. The Bertz CT molecular complexity index is 1270. The number of nitrogens with one attached hydrogen (secondary N) is 2. The highest BCUT2D eigenvalue weighted by Gasteiger charge is 2.12. The van der Waals surface area contributed by atoms with Crippen molar-refractivity contribution in [2.24, 2.45) is 10.2 Å². The maximum Gasteiger partial charge on any atom is 0.295 e. The number of fused-ring (bicyclic) bond motifs is 1. The highest BCUT2D eigenvalue weighted by atomic mass is 79.9. The highest BCUT2D eigenvalue weighted by molar-refractivity contribution is 9.10. The fourth-order valence-corrected chi connectivity index (χ4v) is 3.24. The first-order valence-corrected chi connectivity index (χ1v) is 9.73. The molecule has 0 bridgehead atoms. The number of anilines is 1. The maximum absolute atomic E-state index is 12.4. The molecule has 0 fully saturated rings. The Morgan fingerprint density at radius 3 is 2.40 bits per heavy atom. The van der Waals surface area contributed by atoms with Crippen LogP contribution in [0.25, 0.3) is 10.9 Å². The van der Waals surface area contributed by atoms with Crippen molar-refractivity contribution >= 4 is 50.0 Å². The van der Waals surface area contributed by atoms with Crippen LogP contribution in [0, 0.1) is 0 Å². The maximum atomic E-state index is 12.4. The SMILES string of the molecule is O=C(N=Nc1c(O)[nH]c2ccc(Br)cc12)c1ccc(NC(=O)c2ccccc2)cc1. The quantitative estimate of drug-likeness (QED) is 0.333. The predicted molar refractivity (Wildman–Crippen MR) is 117 cm³/mol. The first-order chi connectivity index (χ1) is 14.5. The van der Waals surface area contributed by atoms with Crippen molar-refractivity contribution < 1.29 is 14.7 Å².